The highest BCUT2D eigenvalue weighted by Crippen LogP contribution is 2.33. The molecule has 1 saturated carbocycles. The van der Waals surface area contributed by atoms with Crippen LogP contribution in [0.25, 0.3) is 0 Å². The van der Waals surface area contributed by atoms with E-state index in [1.807, 2.05) is 32.0 Å². The van der Waals surface area contributed by atoms with Gasteiger partial charge in [-0.05, 0) is 18.4 Å². The van der Waals surface area contributed by atoms with Crippen molar-refractivity contribution in [2.24, 2.45) is 5.41 Å². The molecule has 1 aliphatic carbocycles. The van der Waals surface area contributed by atoms with Crippen LogP contribution in [0.15, 0.2) is 30.3 Å². The Kier molecular flexibility index (Phi) is 3.63. The van der Waals surface area contributed by atoms with E-state index < -0.39 is 0 Å². The van der Waals surface area contributed by atoms with Gasteiger partial charge >= 0.3 is 0 Å². The Hall–Kier alpha value is -1.15. The molecule has 0 radical (unpaired) electrons. The first kappa shape index (κ1) is 12.3. The summed E-state index contributed by atoms with van der Waals surface area (Å²) in [4.78, 5) is 11.7. The summed E-state index contributed by atoms with van der Waals surface area (Å²) in [6, 6.07) is 10.2. The third-order valence-corrected chi connectivity index (χ3v) is 3.51. The van der Waals surface area contributed by atoms with Crippen LogP contribution in [0, 0.1) is 5.41 Å². The lowest BCUT2D eigenvalue weighted by Crippen LogP contribution is -2.36. The van der Waals surface area contributed by atoms with E-state index in [1.54, 1.807) is 0 Å². The Morgan fingerprint density at radius 1 is 1.29 bits per heavy atom. The summed E-state index contributed by atoms with van der Waals surface area (Å²) in [6.07, 6.45) is 2.60. The highest BCUT2D eigenvalue weighted by molar-refractivity contribution is 5.84. The van der Waals surface area contributed by atoms with E-state index >= 15 is 0 Å². The van der Waals surface area contributed by atoms with Crippen molar-refractivity contribution < 1.29 is 9.53 Å². The molecule has 1 atom stereocenters. The van der Waals surface area contributed by atoms with Gasteiger partial charge in [-0.25, -0.2) is 0 Å². The van der Waals surface area contributed by atoms with Crippen molar-refractivity contribution in [1.82, 2.24) is 0 Å². The van der Waals surface area contributed by atoms with Gasteiger partial charge in [0.05, 0.1) is 12.7 Å². The van der Waals surface area contributed by atoms with Gasteiger partial charge in [-0.1, -0.05) is 44.2 Å². The molecule has 2 rings (SSSR count). The first-order valence-electron chi connectivity index (χ1n) is 6.27. The number of ether oxygens (including phenoxy) is 1. The topological polar surface area (TPSA) is 26.3 Å². The molecule has 0 saturated heterocycles. The van der Waals surface area contributed by atoms with Crippen LogP contribution in [0.4, 0.5) is 0 Å². The van der Waals surface area contributed by atoms with E-state index in [9.17, 15) is 4.79 Å². The number of hydrogen-bond donors (Lipinski definition) is 0. The van der Waals surface area contributed by atoms with Crippen LogP contribution in [0.2, 0.25) is 0 Å². The fourth-order valence-electron chi connectivity index (χ4n) is 2.35. The average molecular weight is 232 g/mol. The van der Waals surface area contributed by atoms with E-state index in [1.165, 1.54) is 5.56 Å². The van der Waals surface area contributed by atoms with Crippen LogP contribution >= 0.6 is 0 Å². The predicted molar refractivity (Wildman–Crippen MR) is 67.7 cm³/mol. The van der Waals surface area contributed by atoms with Crippen molar-refractivity contribution >= 4 is 5.78 Å². The normalized spacial score (nSPS) is 23.6. The van der Waals surface area contributed by atoms with Gasteiger partial charge in [0.1, 0.15) is 5.78 Å². The minimum absolute atomic E-state index is 0.209. The number of hydrogen-bond acceptors (Lipinski definition) is 2. The molecular formula is C15H20O2. The number of rotatable bonds is 3. The van der Waals surface area contributed by atoms with Crippen molar-refractivity contribution in [2.75, 3.05) is 0 Å². The average Bonchev–Trinajstić information content (AvgIpc) is 2.32. The van der Waals surface area contributed by atoms with Gasteiger partial charge in [-0.3, -0.25) is 4.79 Å². The molecule has 1 fully saturated rings. The lowest BCUT2D eigenvalue weighted by Gasteiger charge is -2.33. The van der Waals surface area contributed by atoms with Gasteiger partial charge in [0.15, 0.2) is 0 Å². The van der Waals surface area contributed by atoms with Crippen LogP contribution in [0.5, 0.6) is 0 Å². The lowest BCUT2D eigenvalue weighted by molar-refractivity contribution is -0.134. The van der Waals surface area contributed by atoms with Gasteiger partial charge in [-0.15, -0.1) is 0 Å². The maximum absolute atomic E-state index is 11.7. The largest absolute Gasteiger partial charge is 0.373 e. The van der Waals surface area contributed by atoms with Crippen LogP contribution in [0.3, 0.4) is 0 Å². The maximum atomic E-state index is 11.7. The zero-order valence-corrected chi connectivity index (χ0v) is 10.6. The molecule has 0 aromatic heterocycles. The lowest BCUT2D eigenvalue weighted by atomic mass is 9.75. The van der Waals surface area contributed by atoms with Crippen molar-refractivity contribution in [3.8, 4) is 0 Å². The summed E-state index contributed by atoms with van der Waals surface area (Å²) in [7, 11) is 0. The first-order valence-corrected chi connectivity index (χ1v) is 6.27. The summed E-state index contributed by atoms with van der Waals surface area (Å²) in [6.45, 7) is 4.69. The molecule has 1 aromatic rings. The molecule has 0 aliphatic heterocycles. The number of carbonyl (C=O) groups excluding carboxylic acids is 1. The standard InChI is InChI=1S/C15H20O2/c1-15(2)10-13(8-9-14(15)16)17-11-12-6-4-3-5-7-12/h3-7,13H,8-11H2,1-2H3. The van der Waals surface area contributed by atoms with Gasteiger partial charge in [0.2, 0.25) is 0 Å². The minimum atomic E-state index is -0.209. The summed E-state index contributed by atoms with van der Waals surface area (Å²) < 4.78 is 5.90. The Morgan fingerprint density at radius 3 is 2.65 bits per heavy atom. The van der Waals surface area contributed by atoms with E-state index in [4.69, 9.17) is 4.74 Å². The molecule has 1 unspecified atom stereocenters. The SMILES string of the molecule is CC1(C)CC(OCc2ccccc2)CCC1=O. The van der Waals surface area contributed by atoms with Crippen LogP contribution < -0.4 is 0 Å². The summed E-state index contributed by atoms with van der Waals surface area (Å²) in [5.74, 6) is 0.372. The highest BCUT2D eigenvalue weighted by Gasteiger charge is 2.35. The number of ketones is 1. The second-order valence-electron chi connectivity index (χ2n) is 5.47. The van der Waals surface area contributed by atoms with E-state index in [0.29, 0.717) is 18.8 Å². The van der Waals surface area contributed by atoms with Crippen LogP contribution in [0.1, 0.15) is 38.7 Å². The molecule has 92 valence electrons. The zero-order chi connectivity index (χ0) is 12.3. The monoisotopic (exact) mass is 232 g/mol. The van der Waals surface area contributed by atoms with Gasteiger partial charge < -0.3 is 4.74 Å². The Bertz CT molecular complexity index is 381. The van der Waals surface area contributed by atoms with Crippen molar-refractivity contribution in [1.29, 1.82) is 0 Å². The minimum Gasteiger partial charge on any atom is -0.373 e. The molecule has 0 amide bonds. The highest BCUT2D eigenvalue weighted by atomic mass is 16.5. The third-order valence-electron chi connectivity index (χ3n) is 3.51. The maximum Gasteiger partial charge on any atom is 0.138 e. The second kappa shape index (κ2) is 5.01. The van der Waals surface area contributed by atoms with Crippen molar-refractivity contribution in [3.05, 3.63) is 35.9 Å². The molecule has 0 N–H and O–H groups in total. The van der Waals surface area contributed by atoms with E-state index in [2.05, 4.69) is 12.1 Å². The van der Waals surface area contributed by atoms with Crippen molar-refractivity contribution in [2.45, 2.75) is 45.8 Å². The van der Waals surface area contributed by atoms with E-state index in [-0.39, 0.29) is 11.5 Å². The molecule has 2 heteroatoms. The van der Waals surface area contributed by atoms with Gasteiger partial charge in [0, 0.05) is 11.8 Å². The zero-order valence-electron chi connectivity index (χ0n) is 10.6. The Balaban J connectivity index is 1.87. The Labute approximate surface area is 103 Å². The number of Topliss-reactive ketones (excluding diaryl/α,β-unsaturated/α-hetero) is 1. The molecule has 2 nitrogen and oxygen atoms in total. The second-order valence-corrected chi connectivity index (χ2v) is 5.47. The molecule has 17 heavy (non-hydrogen) atoms. The third kappa shape index (κ3) is 3.16. The molecular weight excluding hydrogens is 212 g/mol. The molecule has 0 heterocycles. The van der Waals surface area contributed by atoms with Crippen molar-refractivity contribution in [3.63, 3.8) is 0 Å². The fourth-order valence-corrected chi connectivity index (χ4v) is 2.35. The van der Waals surface area contributed by atoms with Crippen LogP contribution in [-0.2, 0) is 16.1 Å². The smallest absolute Gasteiger partial charge is 0.138 e. The molecule has 1 aromatic carbocycles. The summed E-state index contributed by atoms with van der Waals surface area (Å²) in [5.41, 5.74) is 0.988. The van der Waals surface area contributed by atoms with E-state index in [0.717, 1.165) is 12.8 Å². The van der Waals surface area contributed by atoms with Crippen LogP contribution in [-0.4, -0.2) is 11.9 Å². The molecule has 0 spiro atoms. The fraction of sp³-hybridized carbons (Fsp3) is 0.533. The summed E-state index contributed by atoms with van der Waals surface area (Å²) >= 11 is 0. The number of benzene rings is 1. The molecule has 1 aliphatic rings. The number of carbonyl (C=O) groups is 1. The summed E-state index contributed by atoms with van der Waals surface area (Å²) in [5, 5.41) is 0. The first-order chi connectivity index (χ1) is 8.08. The predicted octanol–water partition coefficient (Wildman–Crippen LogP) is 3.35. The Morgan fingerprint density at radius 2 is 2.00 bits per heavy atom. The van der Waals surface area contributed by atoms with Gasteiger partial charge in [0.25, 0.3) is 0 Å². The van der Waals surface area contributed by atoms with Gasteiger partial charge in [-0.2, -0.15) is 0 Å². The quantitative estimate of drug-likeness (QED) is 0.798. The molecule has 0 bridgehead atoms.